The topological polar surface area (TPSA) is 138 Å². The highest BCUT2D eigenvalue weighted by Crippen LogP contribution is 2.53. The summed E-state index contributed by atoms with van der Waals surface area (Å²) in [5, 5.41) is 20.5. The number of pyridine rings is 1. The van der Waals surface area contributed by atoms with Crippen molar-refractivity contribution in [2.75, 3.05) is 7.11 Å². The smallest absolute Gasteiger partial charge is 0.356 e. The molecule has 1 aliphatic heterocycles. The Morgan fingerprint density at radius 3 is 2.48 bits per heavy atom. The molecule has 12 heteroatoms. The summed E-state index contributed by atoms with van der Waals surface area (Å²) in [7, 11) is -3.16. The van der Waals surface area contributed by atoms with Crippen molar-refractivity contribution < 1.29 is 42.4 Å². The molecule has 2 rings (SSSR count). The van der Waals surface area contributed by atoms with Gasteiger partial charge in [0.05, 0.1) is 22.8 Å². The second kappa shape index (κ2) is 9.74. The minimum Gasteiger partial charge on any atom is -0.388 e. The SMILES string of the molecule is CCC(O)P(=O)(O)OC(C)(CC)C[C@H]1O[C@@H](c2c(F)[nH]c(=O)c(C)c2F)[C@@H](OC)C1O. The van der Waals surface area contributed by atoms with Crippen molar-refractivity contribution in [2.45, 2.75) is 82.8 Å². The third kappa shape index (κ3) is 5.24. The Labute approximate surface area is 178 Å². The summed E-state index contributed by atoms with van der Waals surface area (Å²) in [4.78, 5) is 23.6. The van der Waals surface area contributed by atoms with E-state index >= 15 is 0 Å². The highest BCUT2D eigenvalue weighted by molar-refractivity contribution is 7.53. The molecule has 9 nitrogen and oxygen atoms in total. The molecule has 1 aliphatic rings. The van der Waals surface area contributed by atoms with Gasteiger partial charge in [-0.15, -0.1) is 0 Å². The predicted octanol–water partition coefficient (Wildman–Crippen LogP) is 2.27. The van der Waals surface area contributed by atoms with Gasteiger partial charge >= 0.3 is 7.60 Å². The Kier molecular flexibility index (Phi) is 8.19. The van der Waals surface area contributed by atoms with Gasteiger partial charge in [-0.1, -0.05) is 13.8 Å². The van der Waals surface area contributed by atoms with E-state index in [9.17, 15) is 33.2 Å². The first-order chi connectivity index (χ1) is 14.3. The van der Waals surface area contributed by atoms with Crippen LogP contribution < -0.4 is 5.56 Å². The highest BCUT2D eigenvalue weighted by atomic mass is 31.2. The number of H-pyrrole nitrogens is 1. The number of aromatic nitrogens is 1. The fourth-order valence-electron chi connectivity index (χ4n) is 3.59. The third-order valence-electron chi connectivity index (χ3n) is 5.73. The molecular weight excluding hydrogens is 439 g/mol. The molecule has 0 aromatic carbocycles. The summed E-state index contributed by atoms with van der Waals surface area (Å²) in [6.07, 6.45) is -4.92. The van der Waals surface area contributed by atoms with Gasteiger partial charge < -0.3 is 29.1 Å². The van der Waals surface area contributed by atoms with Gasteiger partial charge in [0, 0.05) is 13.5 Å². The average molecular weight is 469 g/mol. The third-order valence-corrected chi connectivity index (χ3v) is 7.55. The van der Waals surface area contributed by atoms with Crippen molar-refractivity contribution in [3.05, 3.63) is 33.2 Å². The van der Waals surface area contributed by atoms with E-state index in [0.29, 0.717) is 0 Å². The van der Waals surface area contributed by atoms with Crippen LogP contribution in [0.5, 0.6) is 0 Å². The van der Waals surface area contributed by atoms with Crippen LogP contribution in [0.1, 0.15) is 57.3 Å². The summed E-state index contributed by atoms with van der Waals surface area (Å²) >= 11 is 0. The molecule has 178 valence electrons. The lowest BCUT2D eigenvalue weighted by atomic mass is 9.92. The normalized spacial score (nSPS) is 28.8. The lowest BCUT2D eigenvalue weighted by Gasteiger charge is -2.34. The van der Waals surface area contributed by atoms with Crippen LogP contribution in [-0.2, 0) is 18.6 Å². The first kappa shape index (κ1) is 26.1. The van der Waals surface area contributed by atoms with Gasteiger partial charge in [-0.2, -0.15) is 4.39 Å². The fourth-order valence-corrected chi connectivity index (χ4v) is 5.01. The fraction of sp³-hybridized carbons (Fsp3) is 0.737. The van der Waals surface area contributed by atoms with E-state index < -0.39 is 66.3 Å². The Morgan fingerprint density at radius 2 is 1.97 bits per heavy atom. The number of aromatic amines is 1. The second-order valence-electron chi connectivity index (χ2n) is 7.96. The van der Waals surface area contributed by atoms with Crippen molar-refractivity contribution >= 4 is 7.60 Å². The van der Waals surface area contributed by atoms with Crippen LogP contribution in [0.2, 0.25) is 0 Å². The van der Waals surface area contributed by atoms with E-state index in [0.717, 1.165) is 0 Å². The van der Waals surface area contributed by atoms with Gasteiger partial charge in [0.2, 0.25) is 5.95 Å². The lowest BCUT2D eigenvalue weighted by Crippen LogP contribution is -2.39. The van der Waals surface area contributed by atoms with Crippen LogP contribution in [-0.4, -0.2) is 57.0 Å². The minimum absolute atomic E-state index is 0.00589. The Morgan fingerprint density at radius 1 is 1.35 bits per heavy atom. The molecule has 4 N–H and O–H groups in total. The van der Waals surface area contributed by atoms with Crippen molar-refractivity contribution in [3.8, 4) is 0 Å². The molecule has 1 fully saturated rings. The molecule has 31 heavy (non-hydrogen) atoms. The quantitative estimate of drug-likeness (QED) is 0.319. The molecule has 0 aliphatic carbocycles. The zero-order valence-corrected chi connectivity index (χ0v) is 19.0. The predicted molar refractivity (Wildman–Crippen MR) is 107 cm³/mol. The maximum absolute atomic E-state index is 14.7. The molecule has 0 radical (unpaired) electrons. The molecular formula is C19H30F2NO8P. The number of ether oxygens (including phenoxy) is 2. The molecule has 1 aromatic rings. The Bertz CT molecular complexity index is 896. The van der Waals surface area contributed by atoms with Crippen molar-refractivity contribution in [1.82, 2.24) is 4.98 Å². The maximum Gasteiger partial charge on any atom is 0.356 e. The molecule has 2 heterocycles. The van der Waals surface area contributed by atoms with E-state index in [-0.39, 0.29) is 24.8 Å². The second-order valence-corrected chi connectivity index (χ2v) is 9.87. The first-order valence-electron chi connectivity index (χ1n) is 9.97. The van der Waals surface area contributed by atoms with Crippen LogP contribution in [0.25, 0.3) is 0 Å². The monoisotopic (exact) mass is 469 g/mol. The van der Waals surface area contributed by atoms with E-state index in [1.807, 2.05) is 4.98 Å². The Hall–Kier alpha value is -1.20. The van der Waals surface area contributed by atoms with Crippen LogP contribution in [0.15, 0.2) is 4.79 Å². The van der Waals surface area contributed by atoms with Crippen LogP contribution in [0.3, 0.4) is 0 Å². The summed E-state index contributed by atoms with van der Waals surface area (Å²) < 4.78 is 57.8. The van der Waals surface area contributed by atoms with Gasteiger partial charge in [-0.3, -0.25) is 14.3 Å². The number of aliphatic hydroxyl groups excluding tert-OH is 2. The van der Waals surface area contributed by atoms with E-state index in [4.69, 9.17) is 14.0 Å². The number of aliphatic hydroxyl groups is 2. The molecule has 0 spiro atoms. The zero-order valence-electron chi connectivity index (χ0n) is 18.1. The maximum atomic E-state index is 14.7. The number of nitrogens with one attached hydrogen (secondary N) is 1. The highest BCUT2D eigenvalue weighted by Gasteiger charge is 2.50. The number of hydrogen-bond donors (Lipinski definition) is 4. The van der Waals surface area contributed by atoms with Crippen molar-refractivity contribution in [1.29, 1.82) is 0 Å². The molecule has 0 amide bonds. The first-order valence-corrected chi connectivity index (χ1v) is 11.6. The molecule has 0 saturated carbocycles. The average Bonchev–Trinajstić information content (AvgIpc) is 2.99. The van der Waals surface area contributed by atoms with E-state index in [2.05, 4.69) is 0 Å². The van der Waals surface area contributed by atoms with Crippen molar-refractivity contribution in [2.24, 2.45) is 0 Å². The summed E-state index contributed by atoms with van der Waals surface area (Å²) in [6, 6.07) is 0. The van der Waals surface area contributed by atoms with Crippen LogP contribution in [0, 0.1) is 18.7 Å². The Balaban J connectivity index is 2.35. The molecule has 1 saturated heterocycles. The van der Waals surface area contributed by atoms with E-state index in [1.165, 1.54) is 27.9 Å². The summed E-state index contributed by atoms with van der Waals surface area (Å²) in [5.74, 6) is -3.94. The summed E-state index contributed by atoms with van der Waals surface area (Å²) in [6.45, 7) is 5.89. The van der Waals surface area contributed by atoms with Crippen LogP contribution >= 0.6 is 7.60 Å². The number of halogens is 2. The summed E-state index contributed by atoms with van der Waals surface area (Å²) in [5.41, 5.74) is -3.16. The standard InChI is InChI=1S/C19H30F2NO8P/c1-6-11(23)31(26,27)30-19(4,7-2)8-10-14(24)16(28-5)15(29-10)12-13(20)9(3)18(25)22-17(12)21/h10-11,14-16,23-24H,6-8H2,1-5H3,(H,22,25)(H,26,27)/t10-,11?,14?,15+,16+,19?/m1/s1. The van der Waals surface area contributed by atoms with Gasteiger partial charge in [-0.05, 0) is 26.7 Å². The number of hydrogen-bond acceptors (Lipinski definition) is 7. The molecule has 4 unspecified atom stereocenters. The van der Waals surface area contributed by atoms with Crippen molar-refractivity contribution in [3.63, 3.8) is 0 Å². The molecule has 7 atom stereocenters. The minimum atomic E-state index is -4.39. The number of rotatable bonds is 9. The molecule has 1 aromatic heterocycles. The largest absolute Gasteiger partial charge is 0.388 e. The number of methoxy groups -OCH3 is 1. The van der Waals surface area contributed by atoms with Gasteiger partial charge in [0.1, 0.15) is 24.1 Å². The van der Waals surface area contributed by atoms with Gasteiger partial charge in [0.25, 0.3) is 5.56 Å². The zero-order chi connectivity index (χ0) is 23.7. The van der Waals surface area contributed by atoms with Crippen LogP contribution in [0.4, 0.5) is 8.78 Å². The molecule has 0 bridgehead atoms. The van der Waals surface area contributed by atoms with Gasteiger partial charge in [0.15, 0.2) is 5.85 Å². The van der Waals surface area contributed by atoms with E-state index in [1.54, 1.807) is 6.92 Å². The lowest BCUT2D eigenvalue weighted by molar-refractivity contribution is -0.0506. The van der Waals surface area contributed by atoms with Gasteiger partial charge in [-0.25, -0.2) is 4.39 Å².